The minimum absolute atomic E-state index is 0.0171. The Bertz CT molecular complexity index is 1290. The molecule has 6 heteroatoms. The minimum atomic E-state index is -0.675. The molecular formula is C23H16O6. The highest BCUT2D eigenvalue weighted by Crippen LogP contribution is 2.48. The molecule has 0 atom stereocenters. The zero-order valence-corrected chi connectivity index (χ0v) is 15.4. The predicted molar refractivity (Wildman–Crippen MR) is 104 cm³/mol. The van der Waals surface area contributed by atoms with Gasteiger partial charge in [0.1, 0.15) is 23.0 Å². The van der Waals surface area contributed by atoms with Gasteiger partial charge in [-0.05, 0) is 54.7 Å². The molecule has 4 N–H and O–H groups in total. The van der Waals surface area contributed by atoms with Crippen molar-refractivity contribution in [3.8, 4) is 34.1 Å². The normalized spacial score (nSPS) is 14.1. The molecular weight excluding hydrogens is 372 g/mol. The molecule has 0 bridgehead atoms. The summed E-state index contributed by atoms with van der Waals surface area (Å²) in [6.45, 7) is 1.87. The van der Waals surface area contributed by atoms with Crippen LogP contribution in [0.25, 0.3) is 11.1 Å². The highest BCUT2D eigenvalue weighted by molar-refractivity contribution is 6.31. The monoisotopic (exact) mass is 388 g/mol. The molecule has 3 aromatic carbocycles. The molecule has 0 aromatic heterocycles. The summed E-state index contributed by atoms with van der Waals surface area (Å²) in [4.78, 5) is 26.1. The van der Waals surface area contributed by atoms with Crippen LogP contribution in [0.3, 0.4) is 0 Å². The van der Waals surface area contributed by atoms with Gasteiger partial charge in [0.25, 0.3) is 0 Å². The van der Waals surface area contributed by atoms with Gasteiger partial charge >= 0.3 is 0 Å². The number of benzene rings is 3. The average Bonchev–Trinajstić information content (AvgIpc) is 2.64. The topological polar surface area (TPSA) is 115 Å². The van der Waals surface area contributed by atoms with Crippen molar-refractivity contribution >= 4 is 11.6 Å². The van der Waals surface area contributed by atoms with E-state index >= 15 is 0 Å². The van der Waals surface area contributed by atoms with Crippen LogP contribution in [0.5, 0.6) is 23.0 Å². The number of aromatic hydroxyl groups is 4. The SMILES string of the molecule is Cc1cc(O)c2c(c1)CCc1c-2cc2c(c1O)C(=O)c1c(O)cc(O)cc1C2=O. The third-order valence-electron chi connectivity index (χ3n) is 5.71. The maximum absolute atomic E-state index is 13.1. The van der Waals surface area contributed by atoms with Crippen molar-refractivity contribution in [1.82, 2.24) is 0 Å². The summed E-state index contributed by atoms with van der Waals surface area (Å²) in [5.74, 6) is -2.37. The Balaban J connectivity index is 1.83. The molecule has 5 rings (SSSR count). The number of phenolic OH excluding ortho intramolecular Hbond substituents is 4. The summed E-state index contributed by atoms with van der Waals surface area (Å²) >= 11 is 0. The fourth-order valence-corrected chi connectivity index (χ4v) is 4.50. The van der Waals surface area contributed by atoms with E-state index < -0.39 is 17.3 Å². The first-order valence-corrected chi connectivity index (χ1v) is 9.15. The van der Waals surface area contributed by atoms with E-state index in [0.29, 0.717) is 29.5 Å². The molecule has 2 aliphatic carbocycles. The third-order valence-corrected chi connectivity index (χ3v) is 5.71. The van der Waals surface area contributed by atoms with E-state index in [9.17, 15) is 30.0 Å². The van der Waals surface area contributed by atoms with Gasteiger partial charge in [0.05, 0.1) is 11.1 Å². The van der Waals surface area contributed by atoms with Crippen LogP contribution in [0.15, 0.2) is 30.3 Å². The van der Waals surface area contributed by atoms with E-state index in [2.05, 4.69) is 0 Å². The number of phenols is 4. The number of ketones is 2. The smallest absolute Gasteiger partial charge is 0.201 e. The molecule has 29 heavy (non-hydrogen) atoms. The maximum Gasteiger partial charge on any atom is 0.201 e. The van der Waals surface area contributed by atoms with Gasteiger partial charge < -0.3 is 20.4 Å². The lowest BCUT2D eigenvalue weighted by Crippen LogP contribution is -2.22. The molecule has 144 valence electrons. The van der Waals surface area contributed by atoms with Crippen molar-refractivity contribution < 1.29 is 30.0 Å². The van der Waals surface area contributed by atoms with Gasteiger partial charge in [-0.15, -0.1) is 0 Å². The van der Waals surface area contributed by atoms with Crippen molar-refractivity contribution in [2.24, 2.45) is 0 Å². The molecule has 0 aliphatic heterocycles. The summed E-state index contributed by atoms with van der Waals surface area (Å²) in [6.07, 6.45) is 1.02. The number of aryl methyl sites for hydroxylation is 2. The molecule has 3 aromatic rings. The highest BCUT2D eigenvalue weighted by Gasteiger charge is 2.37. The summed E-state index contributed by atoms with van der Waals surface area (Å²) in [5, 5.41) is 41.3. The van der Waals surface area contributed by atoms with Crippen LogP contribution < -0.4 is 0 Å². The van der Waals surface area contributed by atoms with Gasteiger partial charge in [-0.3, -0.25) is 9.59 Å². The van der Waals surface area contributed by atoms with Crippen molar-refractivity contribution in [3.63, 3.8) is 0 Å². The van der Waals surface area contributed by atoms with Gasteiger partial charge in [0.2, 0.25) is 5.78 Å². The summed E-state index contributed by atoms with van der Waals surface area (Å²) in [5.41, 5.74) is 2.81. The average molecular weight is 388 g/mol. The molecule has 2 aliphatic rings. The fraction of sp³-hybridized carbons (Fsp3) is 0.130. The Morgan fingerprint density at radius 2 is 1.38 bits per heavy atom. The van der Waals surface area contributed by atoms with E-state index in [1.807, 2.05) is 13.0 Å². The molecule has 0 saturated carbocycles. The maximum atomic E-state index is 13.1. The number of fused-ring (bicyclic) bond motifs is 5. The van der Waals surface area contributed by atoms with Crippen molar-refractivity contribution in [2.75, 3.05) is 0 Å². The summed E-state index contributed by atoms with van der Waals surface area (Å²) < 4.78 is 0. The Morgan fingerprint density at radius 1 is 0.690 bits per heavy atom. The second-order valence-electron chi connectivity index (χ2n) is 7.54. The number of carbonyl (C=O) groups is 2. The lowest BCUT2D eigenvalue weighted by molar-refractivity contribution is 0.0974. The van der Waals surface area contributed by atoms with Crippen LogP contribution in [0.2, 0.25) is 0 Å². The third kappa shape index (κ3) is 2.23. The number of hydrogen-bond acceptors (Lipinski definition) is 6. The van der Waals surface area contributed by atoms with Crippen molar-refractivity contribution in [3.05, 3.63) is 69.3 Å². The Morgan fingerprint density at radius 3 is 2.14 bits per heavy atom. The molecule has 0 amide bonds. The van der Waals surface area contributed by atoms with Crippen LogP contribution in [0.4, 0.5) is 0 Å². The molecule has 0 spiro atoms. The number of hydrogen-bond donors (Lipinski definition) is 4. The Kier molecular flexibility index (Phi) is 3.35. The summed E-state index contributed by atoms with van der Waals surface area (Å²) in [7, 11) is 0. The van der Waals surface area contributed by atoms with Gasteiger partial charge in [-0.1, -0.05) is 6.07 Å². The van der Waals surface area contributed by atoms with E-state index in [-0.39, 0.29) is 39.5 Å². The van der Waals surface area contributed by atoms with Crippen LogP contribution in [0, 0.1) is 6.92 Å². The molecule has 0 heterocycles. The van der Waals surface area contributed by atoms with Crippen LogP contribution in [-0.2, 0) is 12.8 Å². The van der Waals surface area contributed by atoms with E-state index in [1.165, 1.54) is 6.07 Å². The molecule has 6 nitrogen and oxygen atoms in total. The highest BCUT2D eigenvalue weighted by atomic mass is 16.3. The lowest BCUT2D eigenvalue weighted by Gasteiger charge is -2.27. The zero-order valence-electron chi connectivity index (χ0n) is 15.4. The molecule has 0 fully saturated rings. The summed E-state index contributed by atoms with van der Waals surface area (Å²) in [6, 6.07) is 7.20. The predicted octanol–water partition coefficient (Wildman–Crippen LogP) is 3.36. The van der Waals surface area contributed by atoms with Crippen molar-refractivity contribution in [1.29, 1.82) is 0 Å². The lowest BCUT2D eigenvalue weighted by atomic mass is 9.76. The fourth-order valence-electron chi connectivity index (χ4n) is 4.50. The Hall–Kier alpha value is -3.80. The van der Waals surface area contributed by atoms with E-state index in [1.54, 1.807) is 6.07 Å². The number of rotatable bonds is 0. The van der Waals surface area contributed by atoms with Crippen LogP contribution in [0.1, 0.15) is 48.5 Å². The number of carbonyl (C=O) groups excluding carboxylic acids is 2. The first-order valence-electron chi connectivity index (χ1n) is 9.15. The van der Waals surface area contributed by atoms with Crippen LogP contribution in [-0.4, -0.2) is 32.0 Å². The van der Waals surface area contributed by atoms with Crippen molar-refractivity contribution in [2.45, 2.75) is 19.8 Å². The minimum Gasteiger partial charge on any atom is -0.508 e. The quantitative estimate of drug-likeness (QED) is 0.367. The molecule has 0 radical (unpaired) electrons. The molecule has 0 saturated heterocycles. The zero-order chi connectivity index (χ0) is 20.6. The standard InChI is InChI=1S/C23H16O6/c1-9-4-10-2-3-12-13(18(10)16(25)5-9)8-15-20(22(12)28)23(29)19-14(21(15)27)6-11(24)7-17(19)26/h4-8,24-26,28H,2-3H2,1H3. The van der Waals surface area contributed by atoms with Gasteiger partial charge in [0, 0.05) is 28.3 Å². The van der Waals surface area contributed by atoms with E-state index in [0.717, 1.165) is 23.3 Å². The second kappa shape index (κ2) is 5.61. The Labute approximate surface area is 165 Å². The van der Waals surface area contributed by atoms with Crippen LogP contribution >= 0.6 is 0 Å². The largest absolute Gasteiger partial charge is 0.508 e. The second-order valence-corrected chi connectivity index (χ2v) is 7.54. The first kappa shape index (κ1) is 17.3. The van der Waals surface area contributed by atoms with Gasteiger partial charge in [0.15, 0.2) is 5.78 Å². The van der Waals surface area contributed by atoms with Gasteiger partial charge in [-0.25, -0.2) is 0 Å². The first-order chi connectivity index (χ1) is 13.8. The van der Waals surface area contributed by atoms with Gasteiger partial charge in [-0.2, -0.15) is 0 Å². The van der Waals surface area contributed by atoms with E-state index in [4.69, 9.17) is 0 Å². The molecule has 0 unspecified atom stereocenters.